The van der Waals surface area contributed by atoms with Crippen LogP contribution in [-0.4, -0.2) is 17.4 Å². The Hall–Kier alpha value is -0.600. The van der Waals surface area contributed by atoms with Gasteiger partial charge in [-0.3, -0.25) is 4.98 Å². The van der Waals surface area contributed by atoms with Crippen molar-refractivity contribution in [2.75, 3.05) is 12.4 Å². The van der Waals surface area contributed by atoms with Crippen LogP contribution in [0, 0.1) is 18.8 Å². The van der Waals surface area contributed by atoms with Gasteiger partial charge in [-0.05, 0) is 49.8 Å². The third-order valence-corrected chi connectivity index (χ3v) is 4.23. The van der Waals surface area contributed by atoms with Crippen molar-refractivity contribution in [2.45, 2.75) is 32.7 Å². The van der Waals surface area contributed by atoms with Crippen LogP contribution < -0.4 is 5.32 Å². The van der Waals surface area contributed by atoms with Crippen LogP contribution in [0.25, 0.3) is 0 Å². The molecule has 2 atom stereocenters. The van der Waals surface area contributed by atoms with E-state index in [1.165, 1.54) is 24.8 Å². The maximum Gasteiger partial charge on any atom is 0.0570 e. The average molecular weight is 253 g/mol. The maximum atomic E-state index is 5.98. The molecule has 0 spiro atoms. The molecule has 0 amide bonds. The van der Waals surface area contributed by atoms with E-state index in [4.69, 9.17) is 11.6 Å². The fourth-order valence-corrected chi connectivity index (χ4v) is 3.07. The van der Waals surface area contributed by atoms with Crippen LogP contribution >= 0.6 is 11.6 Å². The Labute approximate surface area is 109 Å². The molecule has 17 heavy (non-hydrogen) atoms. The van der Waals surface area contributed by atoms with E-state index in [-0.39, 0.29) is 0 Å². The van der Waals surface area contributed by atoms with Crippen molar-refractivity contribution in [1.82, 2.24) is 10.3 Å². The molecule has 1 N–H and O–H groups in total. The Morgan fingerprint density at radius 3 is 3.00 bits per heavy atom. The first-order valence-electron chi connectivity index (χ1n) is 6.48. The highest BCUT2D eigenvalue weighted by Crippen LogP contribution is 2.31. The minimum absolute atomic E-state index is 0.717. The van der Waals surface area contributed by atoms with E-state index >= 15 is 0 Å². The van der Waals surface area contributed by atoms with Gasteiger partial charge in [0.2, 0.25) is 0 Å². The molecule has 1 aliphatic rings. The van der Waals surface area contributed by atoms with E-state index in [0.717, 1.165) is 30.6 Å². The Bertz CT molecular complexity index is 354. The lowest BCUT2D eigenvalue weighted by atomic mass is 9.98. The van der Waals surface area contributed by atoms with Gasteiger partial charge in [-0.25, -0.2) is 0 Å². The van der Waals surface area contributed by atoms with Crippen molar-refractivity contribution >= 4 is 11.6 Å². The van der Waals surface area contributed by atoms with Crippen LogP contribution in [0.5, 0.6) is 0 Å². The number of halogens is 1. The summed E-state index contributed by atoms with van der Waals surface area (Å²) in [5, 5.41) is 3.53. The smallest absolute Gasteiger partial charge is 0.0570 e. The number of pyridine rings is 1. The lowest BCUT2D eigenvalue weighted by Crippen LogP contribution is -2.26. The van der Waals surface area contributed by atoms with E-state index in [1.54, 1.807) is 0 Å². The number of hydrogen-bond acceptors (Lipinski definition) is 2. The molecule has 1 saturated carbocycles. The van der Waals surface area contributed by atoms with Crippen molar-refractivity contribution in [1.29, 1.82) is 0 Å². The first-order valence-corrected chi connectivity index (χ1v) is 7.02. The lowest BCUT2D eigenvalue weighted by molar-refractivity contribution is 0.394. The van der Waals surface area contributed by atoms with Crippen molar-refractivity contribution in [3.8, 4) is 0 Å². The summed E-state index contributed by atoms with van der Waals surface area (Å²) in [5.41, 5.74) is 2.42. The molecule has 2 rings (SSSR count). The Morgan fingerprint density at radius 1 is 1.41 bits per heavy atom. The van der Waals surface area contributed by atoms with Crippen molar-refractivity contribution < 1.29 is 0 Å². The summed E-state index contributed by atoms with van der Waals surface area (Å²) in [4.78, 5) is 4.39. The summed E-state index contributed by atoms with van der Waals surface area (Å²) in [5.74, 6) is 2.29. The van der Waals surface area contributed by atoms with E-state index in [9.17, 15) is 0 Å². The van der Waals surface area contributed by atoms with Crippen LogP contribution in [-0.2, 0) is 6.54 Å². The van der Waals surface area contributed by atoms with Crippen molar-refractivity contribution in [3.63, 3.8) is 0 Å². The Kier molecular flexibility index (Phi) is 4.81. The molecule has 1 fully saturated rings. The summed E-state index contributed by atoms with van der Waals surface area (Å²) < 4.78 is 0. The molecule has 2 unspecified atom stereocenters. The minimum atomic E-state index is 0.717. The van der Waals surface area contributed by atoms with Crippen molar-refractivity contribution in [2.24, 2.45) is 11.8 Å². The predicted octanol–water partition coefficient (Wildman–Crippen LogP) is 3.13. The van der Waals surface area contributed by atoms with Gasteiger partial charge in [0.1, 0.15) is 0 Å². The Morgan fingerprint density at radius 2 is 2.24 bits per heavy atom. The molecule has 1 aliphatic carbocycles. The molecule has 1 aromatic heterocycles. The predicted molar refractivity (Wildman–Crippen MR) is 72.2 cm³/mol. The molecule has 0 radical (unpaired) electrons. The second-order valence-corrected chi connectivity index (χ2v) is 5.31. The van der Waals surface area contributed by atoms with Gasteiger partial charge < -0.3 is 5.32 Å². The first-order chi connectivity index (χ1) is 8.31. The van der Waals surface area contributed by atoms with Crippen LogP contribution in [0.15, 0.2) is 18.3 Å². The third kappa shape index (κ3) is 3.43. The number of aromatic nitrogens is 1. The summed E-state index contributed by atoms with van der Waals surface area (Å²) in [6.45, 7) is 4.06. The number of aryl methyl sites for hydroxylation is 1. The van der Waals surface area contributed by atoms with Crippen LogP contribution in [0.1, 0.15) is 30.5 Å². The van der Waals surface area contributed by atoms with Gasteiger partial charge in [-0.1, -0.05) is 12.5 Å². The van der Waals surface area contributed by atoms with E-state index < -0.39 is 0 Å². The Balaban J connectivity index is 1.78. The second-order valence-electron chi connectivity index (χ2n) is 5.00. The molecule has 2 nitrogen and oxygen atoms in total. The summed E-state index contributed by atoms with van der Waals surface area (Å²) in [7, 11) is 0. The molecule has 94 valence electrons. The monoisotopic (exact) mass is 252 g/mol. The maximum absolute atomic E-state index is 5.98. The molecule has 0 aliphatic heterocycles. The highest BCUT2D eigenvalue weighted by molar-refractivity contribution is 6.18. The minimum Gasteiger partial charge on any atom is -0.311 e. The normalized spacial score (nSPS) is 24.1. The zero-order chi connectivity index (χ0) is 12.1. The molecule has 0 saturated heterocycles. The summed E-state index contributed by atoms with van der Waals surface area (Å²) in [6.07, 6.45) is 5.83. The van der Waals surface area contributed by atoms with Gasteiger partial charge in [0.25, 0.3) is 0 Å². The molecule has 1 aromatic rings. The summed E-state index contributed by atoms with van der Waals surface area (Å²) in [6, 6.07) is 4.10. The topological polar surface area (TPSA) is 24.9 Å². The van der Waals surface area contributed by atoms with Gasteiger partial charge in [0.15, 0.2) is 0 Å². The molecule has 0 aromatic carbocycles. The average Bonchev–Trinajstić information content (AvgIpc) is 2.79. The summed E-state index contributed by atoms with van der Waals surface area (Å²) >= 11 is 5.98. The number of nitrogens with zero attached hydrogens (tertiary/aromatic N) is 1. The fraction of sp³-hybridized carbons (Fsp3) is 0.643. The standard InChI is InChI=1S/C14H21ClN2/c1-11-4-3-7-17-14(11)10-16-9-13-6-2-5-12(13)8-15/h3-4,7,12-13,16H,2,5-6,8-10H2,1H3. The van der Waals surface area contributed by atoms with Crippen LogP contribution in [0.4, 0.5) is 0 Å². The largest absolute Gasteiger partial charge is 0.311 e. The van der Waals surface area contributed by atoms with Crippen LogP contribution in [0.2, 0.25) is 0 Å². The SMILES string of the molecule is Cc1cccnc1CNCC1CCCC1CCl. The molecule has 1 heterocycles. The van der Waals surface area contributed by atoms with E-state index in [2.05, 4.69) is 23.3 Å². The highest BCUT2D eigenvalue weighted by Gasteiger charge is 2.25. The molecular formula is C14H21ClN2. The lowest BCUT2D eigenvalue weighted by Gasteiger charge is -2.17. The van der Waals surface area contributed by atoms with E-state index in [1.807, 2.05) is 12.3 Å². The molecule has 0 bridgehead atoms. The van der Waals surface area contributed by atoms with Gasteiger partial charge in [-0.15, -0.1) is 11.6 Å². The first kappa shape index (κ1) is 12.8. The molecular weight excluding hydrogens is 232 g/mol. The highest BCUT2D eigenvalue weighted by atomic mass is 35.5. The van der Waals surface area contributed by atoms with Gasteiger partial charge >= 0.3 is 0 Å². The van der Waals surface area contributed by atoms with Gasteiger partial charge in [-0.2, -0.15) is 0 Å². The zero-order valence-electron chi connectivity index (χ0n) is 10.5. The van der Waals surface area contributed by atoms with Gasteiger partial charge in [0, 0.05) is 18.6 Å². The number of nitrogens with one attached hydrogen (secondary N) is 1. The van der Waals surface area contributed by atoms with Crippen LogP contribution in [0.3, 0.4) is 0 Å². The molecule has 3 heteroatoms. The van der Waals surface area contributed by atoms with Gasteiger partial charge in [0.05, 0.1) is 5.69 Å². The second kappa shape index (κ2) is 6.36. The van der Waals surface area contributed by atoms with Crippen molar-refractivity contribution in [3.05, 3.63) is 29.6 Å². The number of alkyl halides is 1. The number of hydrogen-bond donors (Lipinski definition) is 1. The fourth-order valence-electron chi connectivity index (χ4n) is 2.66. The number of rotatable bonds is 5. The quantitative estimate of drug-likeness (QED) is 0.815. The van der Waals surface area contributed by atoms with E-state index in [0.29, 0.717) is 5.92 Å². The zero-order valence-corrected chi connectivity index (χ0v) is 11.2. The third-order valence-electron chi connectivity index (χ3n) is 3.83.